The summed E-state index contributed by atoms with van der Waals surface area (Å²) in [6, 6.07) is 12.0. The van der Waals surface area contributed by atoms with E-state index in [2.05, 4.69) is 15.3 Å². The van der Waals surface area contributed by atoms with Crippen molar-refractivity contribution in [3.05, 3.63) is 101 Å². The lowest BCUT2D eigenvalue weighted by Gasteiger charge is -2.18. The van der Waals surface area contributed by atoms with Crippen LogP contribution in [0, 0.1) is 24.5 Å². The maximum absolute atomic E-state index is 13.8. The second-order valence-corrected chi connectivity index (χ2v) is 9.07. The lowest BCUT2D eigenvalue weighted by atomic mass is 9.90. The van der Waals surface area contributed by atoms with E-state index in [-0.39, 0.29) is 29.8 Å². The minimum Gasteiger partial charge on any atom is -0.383 e. The third kappa shape index (κ3) is 6.54. The van der Waals surface area contributed by atoms with Gasteiger partial charge in [-0.3, -0.25) is 9.59 Å². The summed E-state index contributed by atoms with van der Waals surface area (Å²) in [6.07, 6.45) is -3.62. The quantitative estimate of drug-likeness (QED) is 0.224. The Labute approximate surface area is 220 Å². The summed E-state index contributed by atoms with van der Waals surface area (Å²) in [5.74, 6) is -3.98. The molecule has 0 aliphatic carbocycles. The first-order valence-corrected chi connectivity index (χ1v) is 11.8. The van der Waals surface area contributed by atoms with Gasteiger partial charge in [-0.25, -0.2) is 18.7 Å². The van der Waals surface area contributed by atoms with E-state index in [0.717, 1.165) is 34.5 Å². The first-order chi connectivity index (χ1) is 18.4. The molecule has 6 nitrogen and oxygen atoms in total. The summed E-state index contributed by atoms with van der Waals surface area (Å²) in [7, 11) is 0. The number of halogens is 5. The summed E-state index contributed by atoms with van der Waals surface area (Å²) < 4.78 is 66.2. The third-order valence-electron chi connectivity index (χ3n) is 6.27. The zero-order valence-electron chi connectivity index (χ0n) is 20.7. The standard InChI is InChI=1S/C28H23F5N4O2/c1-15-20(5-7-25(37-15)28(31,32)33)24(38)13-19(10-16-3-6-22(29)23(30)12-16)27(39)36-14-17-2-4-21-18(11-17)8-9-35-26(21)34/h2-9,11-12,19H,10,13-14H2,1H3,(H2,34,35)(H,36,39)/t19-/m1/s1. The fourth-order valence-corrected chi connectivity index (χ4v) is 4.25. The number of nitrogens with zero attached hydrogens (tertiary/aromatic N) is 2. The van der Waals surface area contributed by atoms with E-state index in [1.807, 2.05) is 6.07 Å². The Bertz CT molecular complexity index is 1560. The topological polar surface area (TPSA) is 98.0 Å². The molecule has 4 rings (SSSR count). The van der Waals surface area contributed by atoms with Gasteiger partial charge in [-0.2, -0.15) is 13.2 Å². The van der Waals surface area contributed by atoms with Crippen molar-refractivity contribution in [3.8, 4) is 0 Å². The van der Waals surface area contributed by atoms with Crippen LogP contribution in [0.2, 0.25) is 0 Å². The van der Waals surface area contributed by atoms with Crippen LogP contribution in [0.1, 0.15) is 39.3 Å². The van der Waals surface area contributed by atoms with Gasteiger partial charge in [0.1, 0.15) is 11.5 Å². The number of nitrogens with one attached hydrogen (secondary N) is 1. The molecule has 0 radical (unpaired) electrons. The number of hydrogen-bond acceptors (Lipinski definition) is 5. The van der Waals surface area contributed by atoms with Crippen molar-refractivity contribution in [1.29, 1.82) is 0 Å². The SMILES string of the molecule is Cc1nc(C(F)(F)F)ccc1C(=O)C[C@@H](Cc1ccc(F)c(F)c1)C(=O)NCc1ccc2c(N)nccc2c1. The van der Waals surface area contributed by atoms with E-state index in [4.69, 9.17) is 5.73 Å². The summed E-state index contributed by atoms with van der Waals surface area (Å²) in [4.78, 5) is 33.8. The lowest BCUT2D eigenvalue weighted by Crippen LogP contribution is -2.33. The number of anilines is 1. The predicted octanol–water partition coefficient (Wildman–Crippen LogP) is 5.57. The maximum atomic E-state index is 13.8. The highest BCUT2D eigenvalue weighted by molar-refractivity contribution is 5.99. The second-order valence-electron chi connectivity index (χ2n) is 9.07. The number of carbonyl (C=O) groups is 2. The molecule has 0 aliphatic heterocycles. The number of nitrogen functional groups attached to an aromatic ring is 1. The summed E-state index contributed by atoms with van der Waals surface area (Å²) in [5.41, 5.74) is 5.55. The average molecular weight is 543 g/mol. The number of rotatable bonds is 8. The minimum absolute atomic E-state index is 0.0631. The molecule has 0 saturated carbocycles. The summed E-state index contributed by atoms with van der Waals surface area (Å²) in [5, 5.41) is 4.31. The molecule has 202 valence electrons. The molecule has 2 aromatic heterocycles. The van der Waals surface area contributed by atoms with Gasteiger partial charge in [0.2, 0.25) is 5.91 Å². The highest BCUT2D eigenvalue weighted by Gasteiger charge is 2.33. The number of nitrogens with two attached hydrogens (primary N) is 1. The highest BCUT2D eigenvalue weighted by Crippen LogP contribution is 2.29. The second kappa shape index (κ2) is 11.1. The number of aromatic nitrogens is 2. The van der Waals surface area contributed by atoms with E-state index < -0.39 is 47.5 Å². The van der Waals surface area contributed by atoms with E-state index in [9.17, 15) is 31.5 Å². The van der Waals surface area contributed by atoms with Gasteiger partial charge in [-0.05, 0) is 66.3 Å². The molecule has 0 spiro atoms. The number of fused-ring (bicyclic) bond motifs is 1. The molecule has 0 aliphatic rings. The predicted molar refractivity (Wildman–Crippen MR) is 134 cm³/mol. The van der Waals surface area contributed by atoms with Crippen molar-refractivity contribution in [3.63, 3.8) is 0 Å². The number of pyridine rings is 2. The zero-order chi connectivity index (χ0) is 28.3. The number of Topliss-reactive ketones (excluding diaryl/α,β-unsaturated/α-hetero) is 1. The molecule has 0 unspecified atom stereocenters. The monoisotopic (exact) mass is 542 g/mol. The van der Waals surface area contributed by atoms with Crippen molar-refractivity contribution in [2.75, 3.05) is 5.73 Å². The van der Waals surface area contributed by atoms with Gasteiger partial charge in [-0.1, -0.05) is 18.2 Å². The van der Waals surface area contributed by atoms with Crippen LogP contribution in [0.3, 0.4) is 0 Å². The van der Waals surface area contributed by atoms with Crippen molar-refractivity contribution < 1.29 is 31.5 Å². The van der Waals surface area contributed by atoms with E-state index in [0.29, 0.717) is 11.9 Å². The highest BCUT2D eigenvalue weighted by atomic mass is 19.4. The van der Waals surface area contributed by atoms with Crippen LogP contribution in [-0.2, 0) is 23.9 Å². The largest absolute Gasteiger partial charge is 0.433 e. The number of benzene rings is 2. The molecular weight excluding hydrogens is 519 g/mol. The number of ketones is 1. The van der Waals surface area contributed by atoms with Crippen LogP contribution >= 0.6 is 0 Å². The Morgan fingerprint density at radius 3 is 2.41 bits per heavy atom. The first kappa shape index (κ1) is 27.6. The Kier molecular flexibility index (Phi) is 7.89. The van der Waals surface area contributed by atoms with Gasteiger partial charge in [0, 0.05) is 41.7 Å². The van der Waals surface area contributed by atoms with Gasteiger partial charge in [0.25, 0.3) is 0 Å². The first-order valence-electron chi connectivity index (χ1n) is 11.8. The van der Waals surface area contributed by atoms with Gasteiger partial charge in [0.05, 0.1) is 0 Å². The molecule has 1 atom stereocenters. The maximum Gasteiger partial charge on any atom is 0.433 e. The molecule has 0 bridgehead atoms. The van der Waals surface area contributed by atoms with E-state index >= 15 is 0 Å². The van der Waals surface area contributed by atoms with Gasteiger partial charge >= 0.3 is 6.18 Å². The van der Waals surface area contributed by atoms with E-state index in [1.54, 1.807) is 24.4 Å². The minimum atomic E-state index is -4.67. The summed E-state index contributed by atoms with van der Waals surface area (Å²) >= 11 is 0. The molecule has 2 heterocycles. The molecule has 1 amide bonds. The molecule has 3 N–H and O–H groups in total. The number of aryl methyl sites for hydroxylation is 1. The molecule has 11 heteroatoms. The molecular formula is C28H23F5N4O2. The fourth-order valence-electron chi connectivity index (χ4n) is 4.25. The number of alkyl halides is 3. The van der Waals surface area contributed by atoms with Crippen molar-refractivity contribution in [2.45, 2.75) is 32.5 Å². The third-order valence-corrected chi connectivity index (χ3v) is 6.27. The Morgan fingerprint density at radius 2 is 1.72 bits per heavy atom. The molecule has 39 heavy (non-hydrogen) atoms. The number of hydrogen-bond donors (Lipinski definition) is 2. The van der Waals surface area contributed by atoms with Crippen LogP contribution in [-0.4, -0.2) is 21.7 Å². The van der Waals surface area contributed by atoms with E-state index in [1.165, 1.54) is 13.0 Å². The number of amides is 1. The Morgan fingerprint density at radius 1 is 0.974 bits per heavy atom. The van der Waals surface area contributed by atoms with Crippen LogP contribution in [0.15, 0.2) is 60.8 Å². The molecule has 0 fully saturated rings. The smallest absolute Gasteiger partial charge is 0.383 e. The fraction of sp³-hybridized carbons (Fsp3) is 0.214. The van der Waals surface area contributed by atoms with Crippen LogP contribution in [0.4, 0.5) is 27.8 Å². The van der Waals surface area contributed by atoms with Crippen LogP contribution in [0.25, 0.3) is 10.8 Å². The molecule has 4 aromatic rings. The van der Waals surface area contributed by atoms with Crippen molar-refractivity contribution >= 4 is 28.3 Å². The zero-order valence-corrected chi connectivity index (χ0v) is 20.7. The Hall–Kier alpha value is -4.41. The molecule has 0 saturated heterocycles. The lowest BCUT2D eigenvalue weighted by molar-refractivity contribution is -0.141. The average Bonchev–Trinajstić information content (AvgIpc) is 2.88. The normalized spacial score (nSPS) is 12.4. The van der Waals surface area contributed by atoms with Crippen LogP contribution in [0.5, 0.6) is 0 Å². The molecule has 2 aromatic carbocycles. The van der Waals surface area contributed by atoms with Gasteiger partial charge < -0.3 is 11.1 Å². The Balaban J connectivity index is 1.55. The number of carbonyl (C=O) groups excluding carboxylic acids is 2. The van der Waals surface area contributed by atoms with Crippen molar-refractivity contribution in [1.82, 2.24) is 15.3 Å². The summed E-state index contributed by atoms with van der Waals surface area (Å²) in [6.45, 7) is 1.37. The van der Waals surface area contributed by atoms with Crippen LogP contribution < -0.4 is 11.1 Å². The van der Waals surface area contributed by atoms with Gasteiger partial charge in [0.15, 0.2) is 17.4 Å². The van der Waals surface area contributed by atoms with Crippen molar-refractivity contribution in [2.24, 2.45) is 5.92 Å². The van der Waals surface area contributed by atoms with Gasteiger partial charge in [-0.15, -0.1) is 0 Å².